The Bertz CT molecular complexity index is 546. The van der Waals surface area contributed by atoms with E-state index in [4.69, 9.17) is 16.0 Å². The van der Waals surface area contributed by atoms with Gasteiger partial charge in [-0.05, 0) is 69.0 Å². The molecule has 0 bridgehead atoms. The lowest BCUT2D eigenvalue weighted by molar-refractivity contribution is 0.297. The van der Waals surface area contributed by atoms with E-state index in [1.165, 1.54) is 0 Å². The molecule has 120 valence electrons. The molecule has 1 heterocycles. The van der Waals surface area contributed by atoms with Gasteiger partial charge in [-0.3, -0.25) is 0 Å². The molecule has 1 aromatic heterocycles. The summed E-state index contributed by atoms with van der Waals surface area (Å²) in [6.45, 7) is 9.59. The second-order valence-corrected chi connectivity index (χ2v) is 5.77. The molecule has 3 nitrogen and oxygen atoms in total. The molecule has 2 rings (SSSR count). The van der Waals surface area contributed by atoms with Crippen molar-refractivity contribution in [3.63, 3.8) is 0 Å². The van der Waals surface area contributed by atoms with E-state index in [-0.39, 0.29) is 0 Å². The maximum atomic E-state index is 5.90. The van der Waals surface area contributed by atoms with Gasteiger partial charge in [-0.15, -0.1) is 0 Å². The molecule has 0 spiro atoms. The van der Waals surface area contributed by atoms with E-state index in [0.717, 1.165) is 61.3 Å². The Balaban J connectivity index is 1.74. The number of nitrogens with zero attached hydrogens (tertiary/aromatic N) is 1. The Kier molecular flexibility index (Phi) is 6.97. The summed E-state index contributed by atoms with van der Waals surface area (Å²) >= 11 is 5.90. The van der Waals surface area contributed by atoms with Gasteiger partial charge in [0.15, 0.2) is 0 Å². The third kappa shape index (κ3) is 5.16. The molecule has 22 heavy (non-hydrogen) atoms. The first kappa shape index (κ1) is 17.1. The van der Waals surface area contributed by atoms with Crippen LogP contribution in [0.3, 0.4) is 0 Å². The van der Waals surface area contributed by atoms with E-state index in [1.807, 2.05) is 36.4 Å². The largest absolute Gasteiger partial charge is 0.460 e. The van der Waals surface area contributed by atoms with Crippen molar-refractivity contribution >= 4 is 11.6 Å². The predicted molar refractivity (Wildman–Crippen MR) is 93.3 cm³/mol. The Morgan fingerprint density at radius 1 is 1.05 bits per heavy atom. The minimum Gasteiger partial charge on any atom is -0.460 e. The SMILES string of the molecule is CCN(CC)CCCNCc1ccc(-c2ccc(Cl)cc2)o1. The maximum absolute atomic E-state index is 5.90. The molecule has 0 fully saturated rings. The number of benzene rings is 1. The van der Waals surface area contributed by atoms with E-state index in [1.54, 1.807) is 0 Å². The van der Waals surface area contributed by atoms with Crippen LogP contribution in [0, 0.1) is 0 Å². The quantitative estimate of drug-likeness (QED) is 0.693. The monoisotopic (exact) mass is 320 g/mol. The molecule has 2 aromatic rings. The van der Waals surface area contributed by atoms with Crippen molar-refractivity contribution in [1.82, 2.24) is 10.2 Å². The highest BCUT2D eigenvalue weighted by molar-refractivity contribution is 6.30. The first-order chi connectivity index (χ1) is 10.7. The fourth-order valence-electron chi connectivity index (χ4n) is 2.42. The molecular weight excluding hydrogens is 296 g/mol. The molecule has 0 atom stereocenters. The summed E-state index contributed by atoms with van der Waals surface area (Å²) in [5.74, 6) is 1.85. The van der Waals surface area contributed by atoms with Crippen molar-refractivity contribution in [1.29, 1.82) is 0 Å². The summed E-state index contributed by atoms with van der Waals surface area (Å²) in [5.41, 5.74) is 1.05. The first-order valence-corrected chi connectivity index (χ1v) is 8.38. The maximum Gasteiger partial charge on any atom is 0.134 e. The Hall–Kier alpha value is -1.29. The topological polar surface area (TPSA) is 28.4 Å². The molecule has 0 aliphatic heterocycles. The average Bonchev–Trinajstić information content (AvgIpc) is 3.00. The molecule has 1 aromatic carbocycles. The van der Waals surface area contributed by atoms with Gasteiger partial charge < -0.3 is 14.6 Å². The minimum absolute atomic E-state index is 0.741. The number of hydrogen-bond donors (Lipinski definition) is 1. The smallest absolute Gasteiger partial charge is 0.134 e. The van der Waals surface area contributed by atoms with Gasteiger partial charge in [-0.2, -0.15) is 0 Å². The molecule has 0 amide bonds. The van der Waals surface area contributed by atoms with E-state index >= 15 is 0 Å². The lowest BCUT2D eigenvalue weighted by Crippen LogP contribution is -2.27. The fraction of sp³-hybridized carbons (Fsp3) is 0.444. The molecule has 0 radical (unpaired) electrons. The van der Waals surface area contributed by atoms with E-state index in [2.05, 4.69) is 24.1 Å². The van der Waals surface area contributed by atoms with Crippen molar-refractivity contribution in [2.24, 2.45) is 0 Å². The minimum atomic E-state index is 0.741. The van der Waals surface area contributed by atoms with E-state index < -0.39 is 0 Å². The van der Waals surface area contributed by atoms with Crippen LogP contribution in [0.4, 0.5) is 0 Å². The Morgan fingerprint density at radius 3 is 2.45 bits per heavy atom. The van der Waals surface area contributed by atoms with Gasteiger partial charge >= 0.3 is 0 Å². The molecule has 0 aliphatic rings. The zero-order valence-electron chi connectivity index (χ0n) is 13.4. The van der Waals surface area contributed by atoms with Crippen molar-refractivity contribution in [2.75, 3.05) is 26.2 Å². The number of hydrogen-bond acceptors (Lipinski definition) is 3. The number of nitrogens with one attached hydrogen (secondary N) is 1. The van der Waals surface area contributed by atoms with Crippen molar-refractivity contribution < 1.29 is 4.42 Å². The first-order valence-electron chi connectivity index (χ1n) is 8.00. The number of furan rings is 1. The second kappa shape index (κ2) is 8.99. The summed E-state index contributed by atoms with van der Waals surface area (Å²) in [4.78, 5) is 2.44. The lowest BCUT2D eigenvalue weighted by Gasteiger charge is -2.17. The summed E-state index contributed by atoms with van der Waals surface area (Å²) < 4.78 is 5.86. The zero-order chi connectivity index (χ0) is 15.8. The van der Waals surface area contributed by atoms with Gasteiger partial charge in [0.25, 0.3) is 0 Å². The van der Waals surface area contributed by atoms with Crippen LogP contribution in [-0.2, 0) is 6.54 Å². The highest BCUT2D eigenvalue weighted by Crippen LogP contribution is 2.23. The van der Waals surface area contributed by atoms with Crippen LogP contribution in [-0.4, -0.2) is 31.1 Å². The third-order valence-electron chi connectivity index (χ3n) is 3.81. The molecule has 1 N–H and O–H groups in total. The van der Waals surface area contributed by atoms with Crippen LogP contribution in [0.25, 0.3) is 11.3 Å². The predicted octanol–water partition coefficient (Wildman–Crippen LogP) is 4.42. The van der Waals surface area contributed by atoms with E-state index in [9.17, 15) is 0 Å². The fourth-order valence-corrected chi connectivity index (χ4v) is 2.55. The zero-order valence-corrected chi connectivity index (χ0v) is 14.2. The van der Waals surface area contributed by atoms with Crippen LogP contribution in [0.5, 0.6) is 0 Å². The molecular formula is C18H25ClN2O. The highest BCUT2D eigenvalue weighted by Gasteiger charge is 2.05. The summed E-state index contributed by atoms with van der Waals surface area (Å²) in [6, 6.07) is 11.7. The van der Waals surface area contributed by atoms with E-state index in [0.29, 0.717) is 0 Å². The molecule has 0 unspecified atom stereocenters. The Morgan fingerprint density at radius 2 is 1.77 bits per heavy atom. The average molecular weight is 321 g/mol. The summed E-state index contributed by atoms with van der Waals surface area (Å²) in [5, 5.41) is 4.18. The van der Waals surface area contributed by atoms with Gasteiger partial charge in [0, 0.05) is 10.6 Å². The van der Waals surface area contributed by atoms with Crippen molar-refractivity contribution in [2.45, 2.75) is 26.8 Å². The van der Waals surface area contributed by atoms with Crippen LogP contribution < -0.4 is 5.32 Å². The van der Waals surface area contributed by atoms with Crippen molar-refractivity contribution in [3.8, 4) is 11.3 Å². The summed E-state index contributed by atoms with van der Waals surface area (Å²) in [6.07, 6.45) is 1.16. The standard InChI is InChI=1S/C18H25ClN2O/c1-3-21(4-2)13-5-12-20-14-17-10-11-18(22-17)15-6-8-16(19)9-7-15/h6-11,20H,3-5,12-14H2,1-2H3. The number of rotatable bonds is 9. The normalized spacial score (nSPS) is 11.3. The molecule has 0 saturated carbocycles. The lowest BCUT2D eigenvalue weighted by atomic mass is 10.2. The number of halogens is 1. The molecule has 4 heteroatoms. The van der Waals surface area contributed by atoms with Crippen LogP contribution >= 0.6 is 11.6 Å². The van der Waals surface area contributed by atoms with Crippen LogP contribution in [0.15, 0.2) is 40.8 Å². The van der Waals surface area contributed by atoms with Gasteiger partial charge in [-0.25, -0.2) is 0 Å². The van der Waals surface area contributed by atoms with Gasteiger partial charge in [0.2, 0.25) is 0 Å². The third-order valence-corrected chi connectivity index (χ3v) is 4.06. The second-order valence-electron chi connectivity index (χ2n) is 5.33. The Labute approximate surface area is 138 Å². The van der Waals surface area contributed by atoms with Gasteiger partial charge in [0.1, 0.15) is 11.5 Å². The van der Waals surface area contributed by atoms with Crippen molar-refractivity contribution in [3.05, 3.63) is 47.2 Å². The van der Waals surface area contributed by atoms with Gasteiger partial charge in [-0.1, -0.05) is 25.4 Å². The highest BCUT2D eigenvalue weighted by atomic mass is 35.5. The molecule has 0 aliphatic carbocycles. The van der Waals surface area contributed by atoms with Gasteiger partial charge in [0.05, 0.1) is 6.54 Å². The summed E-state index contributed by atoms with van der Waals surface area (Å²) in [7, 11) is 0. The molecule has 0 saturated heterocycles. The van der Waals surface area contributed by atoms with Crippen LogP contribution in [0.1, 0.15) is 26.0 Å². The van der Waals surface area contributed by atoms with Crippen LogP contribution in [0.2, 0.25) is 5.02 Å².